The van der Waals surface area contributed by atoms with Crippen LogP contribution in [0.4, 0.5) is 0 Å². The largest absolute Gasteiger partial charge is 0.387 e. The minimum absolute atomic E-state index is 0.369. The second-order valence-corrected chi connectivity index (χ2v) is 5.91. The molecule has 1 unspecified atom stereocenters. The van der Waals surface area contributed by atoms with Crippen molar-refractivity contribution in [1.29, 1.82) is 0 Å². The molecule has 0 aliphatic carbocycles. The van der Waals surface area contributed by atoms with Gasteiger partial charge in [0.25, 0.3) is 0 Å². The van der Waals surface area contributed by atoms with Crippen molar-refractivity contribution in [2.45, 2.75) is 26.4 Å². The highest BCUT2D eigenvalue weighted by molar-refractivity contribution is 5.24. The minimum atomic E-state index is -0.369. The molecule has 3 heteroatoms. The maximum Gasteiger partial charge on any atom is 0.0916 e. The van der Waals surface area contributed by atoms with E-state index in [4.69, 9.17) is 0 Å². The van der Waals surface area contributed by atoms with Crippen molar-refractivity contribution in [2.75, 3.05) is 32.7 Å². The zero-order valence-electron chi connectivity index (χ0n) is 12.1. The van der Waals surface area contributed by atoms with Crippen LogP contribution in [-0.4, -0.2) is 42.7 Å². The van der Waals surface area contributed by atoms with E-state index in [9.17, 15) is 5.11 Å². The Morgan fingerprint density at radius 2 is 1.79 bits per heavy atom. The van der Waals surface area contributed by atoms with Crippen LogP contribution in [0.25, 0.3) is 0 Å². The third-order valence-electron chi connectivity index (χ3n) is 3.65. The summed E-state index contributed by atoms with van der Waals surface area (Å²) in [5.41, 5.74) is 2.39. The molecule has 19 heavy (non-hydrogen) atoms. The fourth-order valence-electron chi connectivity index (χ4n) is 2.59. The molecule has 1 aromatic carbocycles. The van der Waals surface area contributed by atoms with Gasteiger partial charge in [-0.3, -0.25) is 4.90 Å². The van der Waals surface area contributed by atoms with Gasteiger partial charge >= 0.3 is 0 Å². The third kappa shape index (κ3) is 4.60. The van der Waals surface area contributed by atoms with E-state index in [1.54, 1.807) is 0 Å². The highest BCUT2D eigenvalue weighted by Gasteiger charge is 2.15. The highest BCUT2D eigenvalue weighted by atomic mass is 16.3. The molecule has 2 N–H and O–H groups in total. The first kappa shape index (κ1) is 14.5. The lowest BCUT2D eigenvalue weighted by Crippen LogP contribution is -2.44. The van der Waals surface area contributed by atoms with Crippen LogP contribution in [-0.2, 0) is 6.42 Å². The molecule has 1 saturated heterocycles. The fraction of sp³-hybridized carbons (Fsp3) is 0.625. The zero-order chi connectivity index (χ0) is 13.7. The lowest BCUT2D eigenvalue weighted by atomic mass is 10.00. The summed E-state index contributed by atoms with van der Waals surface area (Å²) in [5, 5.41) is 13.6. The molecule has 0 bridgehead atoms. The van der Waals surface area contributed by atoms with E-state index in [1.165, 1.54) is 5.56 Å². The fourth-order valence-corrected chi connectivity index (χ4v) is 2.59. The SMILES string of the molecule is CC(C)Cc1ccc(C(O)CN2CCNCC2)cc1. The Balaban J connectivity index is 1.89. The van der Waals surface area contributed by atoms with Gasteiger partial charge in [-0.25, -0.2) is 0 Å². The quantitative estimate of drug-likeness (QED) is 0.850. The van der Waals surface area contributed by atoms with Crippen LogP contribution in [0, 0.1) is 5.92 Å². The van der Waals surface area contributed by atoms with Gasteiger partial charge < -0.3 is 10.4 Å². The predicted octanol–water partition coefficient (Wildman–Crippen LogP) is 1.82. The maximum absolute atomic E-state index is 10.3. The molecule has 1 aliphatic heterocycles. The predicted molar refractivity (Wildman–Crippen MR) is 79.3 cm³/mol. The lowest BCUT2D eigenvalue weighted by Gasteiger charge is -2.29. The number of aliphatic hydroxyl groups excluding tert-OH is 1. The van der Waals surface area contributed by atoms with Crippen molar-refractivity contribution in [3.05, 3.63) is 35.4 Å². The van der Waals surface area contributed by atoms with Gasteiger partial charge in [-0.05, 0) is 23.5 Å². The van der Waals surface area contributed by atoms with Crippen LogP contribution in [0.1, 0.15) is 31.1 Å². The molecule has 1 aliphatic rings. The third-order valence-corrected chi connectivity index (χ3v) is 3.65. The summed E-state index contributed by atoms with van der Waals surface area (Å²) >= 11 is 0. The molecule has 2 rings (SSSR count). The second-order valence-electron chi connectivity index (χ2n) is 5.91. The monoisotopic (exact) mass is 262 g/mol. The first-order chi connectivity index (χ1) is 9.15. The van der Waals surface area contributed by atoms with Crippen LogP contribution < -0.4 is 5.32 Å². The first-order valence-corrected chi connectivity index (χ1v) is 7.35. The molecule has 1 heterocycles. The summed E-state index contributed by atoms with van der Waals surface area (Å²) in [6.45, 7) is 9.32. The van der Waals surface area contributed by atoms with Crippen LogP contribution in [0.5, 0.6) is 0 Å². The van der Waals surface area contributed by atoms with Gasteiger partial charge in [-0.1, -0.05) is 38.1 Å². The van der Waals surface area contributed by atoms with Gasteiger partial charge in [0.1, 0.15) is 0 Å². The Labute approximate surface area is 116 Å². The number of benzene rings is 1. The number of nitrogens with zero attached hydrogens (tertiary/aromatic N) is 1. The van der Waals surface area contributed by atoms with E-state index in [0.29, 0.717) is 5.92 Å². The van der Waals surface area contributed by atoms with Gasteiger partial charge in [-0.2, -0.15) is 0 Å². The average Bonchev–Trinajstić information content (AvgIpc) is 2.40. The van der Waals surface area contributed by atoms with Crippen molar-refractivity contribution in [3.8, 4) is 0 Å². The van der Waals surface area contributed by atoms with Crippen LogP contribution >= 0.6 is 0 Å². The Bertz CT molecular complexity index is 369. The van der Waals surface area contributed by atoms with E-state index >= 15 is 0 Å². The molecule has 0 saturated carbocycles. The summed E-state index contributed by atoms with van der Waals surface area (Å²) < 4.78 is 0. The van der Waals surface area contributed by atoms with E-state index in [1.807, 2.05) is 0 Å². The number of β-amino-alcohol motifs (C(OH)–C–C–N with tert-alkyl or cyclic N) is 1. The van der Waals surface area contributed by atoms with E-state index < -0.39 is 0 Å². The Kier molecular flexibility index (Phi) is 5.37. The molecule has 0 spiro atoms. The number of hydrogen-bond acceptors (Lipinski definition) is 3. The number of aliphatic hydroxyl groups is 1. The van der Waals surface area contributed by atoms with Crippen LogP contribution in [0.2, 0.25) is 0 Å². The Hall–Kier alpha value is -0.900. The van der Waals surface area contributed by atoms with Crippen molar-refractivity contribution in [2.24, 2.45) is 5.92 Å². The van der Waals surface area contributed by atoms with Crippen molar-refractivity contribution < 1.29 is 5.11 Å². The molecule has 0 amide bonds. The van der Waals surface area contributed by atoms with Gasteiger partial charge in [0, 0.05) is 32.7 Å². The van der Waals surface area contributed by atoms with E-state index in [2.05, 4.69) is 48.3 Å². The summed E-state index contributed by atoms with van der Waals surface area (Å²) in [6.07, 6.45) is 0.736. The van der Waals surface area contributed by atoms with Gasteiger partial charge in [-0.15, -0.1) is 0 Å². The zero-order valence-corrected chi connectivity index (χ0v) is 12.1. The molecule has 1 aromatic rings. The van der Waals surface area contributed by atoms with Crippen molar-refractivity contribution in [1.82, 2.24) is 10.2 Å². The average molecular weight is 262 g/mol. The van der Waals surface area contributed by atoms with Gasteiger partial charge in [0.15, 0.2) is 0 Å². The maximum atomic E-state index is 10.3. The molecule has 0 aromatic heterocycles. The number of piperazine rings is 1. The lowest BCUT2D eigenvalue weighted by molar-refractivity contribution is 0.105. The standard InChI is InChI=1S/C16H26N2O/c1-13(2)11-14-3-5-15(6-4-14)16(19)12-18-9-7-17-8-10-18/h3-6,13,16-17,19H,7-12H2,1-2H3. The molecule has 1 atom stereocenters. The first-order valence-electron chi connectivity index (χ1n) is 7.35. The highest BCUT2D eigenvalue weighted by Crippen LogP contribution is 2.17. The van der Waals surface area contributed by atoms with Crippen LogP contribution in [0.3, 0.4) is 0 Å². The molecular formula is C16H26N2O. The van der Waals surface area contributed by atoms with Crippen LogP contribution in [0.15, 0.2) is 24.3 Å². The second kappa shape index (κ2) is 7.04. The number of hydrogen-bond donors (Lipinski definition) is 2. The Morgan fingerprint density at radius 3 is 2.37 bits per heavy atom. The Morgan fingerprint density at radius 1 is 1.16 bits per heavy atom. The summed E-state index contributed by atoms with van der Waals surface area (Å²) in [7, 11) is 0. The minimum Gasteiger partial charge on any atom is -0.387 e. The number of nitrogens with one attached hydrogen (secondary N) is 1. The van der Waals surface area contributed by atoms with Crippen molar-refractivity contribution >= 4 is 0 Å². The molecular weight excluding hydrogens is 236 g/mol. The summed E-state index contributed by atoms with van der Waals surface area (Å²) in [6, 6.07) is 8.45. The number of rotatable bonds is 5. The molecule has 0 radical (unpaired) electrons. The summed E-state index contributed by atoms with van der Waals surface area (Å²) in [5.74, 6) is 0.677. The molecule has 3 nitrogen and oxygen atoms in total. The van der Waals surface area contributed by atoms with Gasteiger partial charge in [0.05, 0.1) is 6.10 Å². The van der Waals surface area contributed by atoms with Crippen molar-refractivity contribution in [3.63, 3.8) is 0 Å². The van der Waals surface area contributed by atoms with E-state index in [0.717, 1.165) is 44.7 Å². The molecule has 1 fully saturated rings. The normalized spacial score (nSPS) is 18.7. The smallest absolute Gasteiger partial charge is 0.0916 e. The van der Waals surface area contributed by atoms with E-state index in [-0.39, 0.29) is 6.10 Å². The van der Waals surface area contributed by atoms with Gasteiger partial charge in [0.2, 0.25) is 0 Å². The summed E-state index contributed by atoms with van der Waals surface area (Å²) in [4.78, 5) is 2.32. The topological polar surface area (TPSA) is 35.5 Å². The molecule has 106 valence electrons.